The van der Waals surface area contributed by atoms with E-state index in [4.69, 9.17) is 0 Å². The summed E-state index contributed by atoms with van der Waals surface area (Å²) in [6, 6.07) is 13.0. The Morgan fingerprint density at radius 1 is 0.962 bits per heavy atom. The van der Waals surface area contributed by atoms with Gasteiger partial charge in [-0.1, -0.05) is 18.2 Å². The van der Waals surface area contributed by atoms with Crippen LogP contribution in [0.15, 0.2) is 61.1 Å². The van der Waals surface area contributed by atoms with Gasteiger partial charge in [0, 0.05) is 43.2 Å². The first kappa shape index (κ1) is 16.1. The van der Waals surface area contributed by atoms with Crippen molar-refractivity contribution >= 4 is 17.8 Å². The van der Waals surface area contributed by atoms with E-state index in [1.165, 1.54) is 0 Å². The third-order valence-electron chi connectivity index (χ3n) is 4.38. The SMILES string of the molecule is O=C(c1ccccc1)N1CCC(c2ccnc(Nc3ncccn3)n2)C1. The van der Waals surface area contributed by atoms with Gasteiger partial charge < -0.3 is 4.90 Å². The predicted octanol–water partition coefficient (Wildman–Crippen LogP) is 2.64. The number of benzene rings is 1. The number of carbonyl (C=O) groups is 1. The van der Waals surface area contributed by atoms with Gasteiger partial charge in [-0.15, -0.1) is 0 Å². The molecule has 0 saturated carbocycles. The van der Waals surface area contributed by atoms with Crippen LogP contribution < -0.4 is 5.32 Å². The number of anilines is 2. The first-order chi connectivity index (χ1) is 12.8. The highest BCUT2D eigenvalue weighted by atomic mass is 16.2. The maximum atomic E-state index is 12.6. The number of nitrogens with zero attached hydrogens (tertiary/aromatic N) is 5. The Morgan fingerprint density at radius 2 is 1.73 bits per heavy atom. The van der Waals surface area contributed by atoms with Crippen LogP contribution in [0.3, 0.4) is 0 Å². The minimum Gasteiger partial charge on any atom is -0.338 e. The average molecular weight is 346 g/mol. The van der Waals surface area contributed by atoms with Crippen molar-refractivity contribution in [3.05, 3.63) is 72.3 Å². The van der Waals surface area contributed by atoms with Crippen LogP contribution in [0.2, 0.25) is 0 Å². The molecular formula is C19H18N6O. The molecule has 0 bridgehead atoms. The molecule has 1 aliphatic heterocycles. The number of likely N-dealkylation sites (tertiary alicyclic amines) is 1. The number of hydrogen-bond acceptors (Lipinski definition) is 6. The van der Waals surface area contributed by atoms with Crippen LogP contribution in [0.25, 0.3) is 0 Å². The minimum absolute atomic E-state index is 0.0678. The van der Waals surface area contributed by atoms with Gasteiger partial charge in [0.2, 0.25) is 11.9 Å². The second-order valence-corrected chi connectivity index (χ2v) is 6.11. The molecule has 3 heterocycles. The van der Waals surface area contributed by atoms with Crippen LogP contribution >= 0.6 is 0 Å². The van der Waals surface area contributed by atoms with Crippen molar-refractivity contribution in [2.75, 3.05) is 18.4 Å². The zero-order valence-electron chi connectivity index (χ0n) is 14.1. The van der Waals surface area contributed by atoms with Gasteiger partial charge in [0.25, 0.3) is 5.91 Å². The normalized spacial score (nSPS) is 16.5. The molecule has 0 spiro atoms. The predicted molar refractivity (Wildman–Crippen MR) is 97.1 cm³/mol. The number of aromatic nitrogens is 4. The van der Waals surface area contributed by atoms with E-state index in [0.717, 1.165) is 24.2 Å². The molecule has 7 nitrogen and oxygen atoms in total. The van der Waals surface area contributed by atoms with Crippen LogP contribution in [0.1, 0.15) is 28.4 Å². The van der Waals surface area contributed by atoms with Crippen molar-refractivity contribution in [3.8, 4) is 0 Å². The van der Waals surface area contributed by atoms with Crippen molar-refractivity contribution in [2.45, 2.75) is 12.3 Å². The fourth-order valence-electron chi connectivity index (χ4n) is 3.07. The Kier molecular flexibility index (Phi) is 4.51. The number of hydrogen-bond donors (Lipinski definition) is 1. The molecule has 1 unspecified atom stereocenters. The first-order valence-electron chi connectivity index (χ1n) is 8.51. The van der Waals surface area contributed by atoms with E-state index in [1.807, 2.05) is 41.3 Å². The zero-order valence-corrected chi connectivity index (χ0v) is 14.1. The Hall–Kier alpha value is -3.35. The van der Waals surface area contributed by atoms with Gasteiger partial charge in [-0.2, -0.15) is 0 Å². The van der Waals surface area contributed by atoms with E-state index < -0.39 is 0 Å². The van der Waals surface area contributed by atoms with E-state index in [2.05, 4.69) is 25.3 Å². The summed E-state index contributed by atoms with van der Waals surface area (Å²) >= 11 is 0. The number of amides is 1. The molecule has 2 aromatic heterocycles. The molecule has 0 aliphatic carbocycles. The topological polar surface area (TPSA) is 83.9 Å². The maximum absolute atomic E-state index is 12.6. The summed E-state index contributed by atoms with van der Waals surface area (Å²) in [5.74, 6) is 1.18. The second kappa shape index (κ2) is 7.26. The minimum atomic E-state index is 0.0678. The molecule has 130 valence electrons. The Balaban J connectivity index is 1.45. The highest BCUT2D eigenvalue weighted by molar-refractivity contribution is 5.94. The molecule has 1 amide bonds. The zero-order chi connectivity index (χ0) is 17.8. The molecule has 26 heavy (non-hydrogen) atoms. The molecule has 1 atom stereocenters. The van der Waals surface area contributed by atoms with E-state index in [0.29, 0.717) is 18.4 Å². The Labute approximate surface area is 151 Å². The van der Waals surface area contributed by atoms with Crippen LogP contribution in [0.4, 0.5) is 11.9 Å². The van der Waals surface area contributed by atoms with E-state index in [-0.39, 0.29) is 11.8 Å². The fraction of sp³-hybridized carbons (Fsp3) is 0.211. The molecule has 1 aromatic carbocycles. The van der Waals surface area contributed by atoms with Gasteiger partial charge in [0.1, 0.15) is 0 Å². The summed E-state index contributed by atoms with van der Waals surface area (Å²) in [7, 11) is 0. The van der Waals surface area contributed by atoms with Gasteiger partial charge in [-0.3, -0.25) is 10.1 Å². The van der Waals surface area contributed by atoms with Crippen LogP contribution in [0.5, 0.6) is 0 Å². The average Bonchev–Trinajstić information content (AvgIpc) is 3.19. The molecule has 1 saturated heterocycles. The number of carbonyl (C=O) groups excluding carboxylic acids is 1. The van der Waals surface area contributed by atoms with Gasteiger partial charge >= 0.3 is 0 Å². The quantitative estimate of drug-likeness (QED) is 0.782. The van der Waals surface area contributed by atoms with Crippen molar-refractivity contribution in [3.63, 3.8) is 0 Å². The molecule has 7 heteroatoms. The Morgan fingerprint density at radius 3 is 2.54 bits per heavy atom. The molecule has 1 fully saturated rings. The van der Waals surface area contributed by atoms with Crippen molar-refractivity contribution in [1.29, 1.82) is 0 Å². The molecule has 0 radical (unpaired) electrons. The highest BCUT2D eigenvalue weighted by Crippen LogP contribution is 2.27. The van der Waals surface area contributed by atoms with E-state index in [9.17, 15) is 4.79 Å². The lowest BCUT2D eigenvalue weighted by molar-refractivity contribution is 0.0790. The van der Waals surface area contributed by atoms with Gasteiger partial charge in [0.15, 0.2) is 0 Å². The third-order valence-corrected chi connectivity index (χ3v) is 4.38. The van der Waals surface area contributed by atoms with Crippen LogP contribution in [-0.2, 0) is 0 Å². The lowest BCUT2D eigenvalue weighted by atomic mass is 10.1. The largest absolute Gasteiger partial charge is 0.338 e. The summed E-state index contributed by atoms with van der Waals surface area (Å²) in [5.41, 5.74) is 1.64. The van der Waals surface area contributed by atoms with E-state index >= 15 is 0 Å². The number of rotatable bonds is 4. The summed E-state index contributed by atoms with van der Waals surface area (Å²) in [4.78, 5) is 31.5. The fourth-order valence-corrected chi connectivity index (χ4v) is 3.07. The van der Waals surface area contributed by atoms with Gasteiger partial charge in [-0.25, -0.2) is 19.9 Å². The van der Waals surface area contributed by atoms with Gasteiger partial charge in [0.05, 0.1) is 5.69 Å². The lowest BCUT2D eigenvalue weighted by Gasteiger charge is -2.16. The highest BCUT2D eigenvalue weighted by Gasteiger charge is 2.29. The Bertz CT molecular complexity index is 887. The van der Waals surface area contributed by atoms with E-state index in [1.54, 1.807) is 24.7 Å². The molecule has 4 rings (SSSR count). The van der Waals surface area contributed by atoms with Crippen LogP contribution in [0, 0.1) is 0 Å². The third kappa shape index (κ3) is 3.51. The number of nitrogens with one attached hydrogen (secondary N) is 1. The molecular weight excluding hydrogens is 328 g/mol. The lowest BCUT2D eigenvalue weighted by Crippen LogP contribution is -2.28. The van der Waals surface area contributed by atoms with Gasteiger partial charge in [-0.05, 0) is 30.7 Å². The molecule has 1 N–H and O–H groups in total. The summed E-state index contributed by atoms with van der Waals surface area (Å²) in [6.45, 7) is 1.39. The summed E-state index contributed by atoms with van der Waals surface area (Å²) < 4.78 is 0. The molecule has 1 aliphatic rings. The smallest absolute Gasteiger partial charge is 0.253 e. The van der Waals surface area contributed by atoms with Crippen LogP contribution in [-0.4, -0.2) is 43.8 Å². The molecule has 3 aromatic rings. The summed E-state index contributed by atoms with van der Waals surface area (Å²) in [6.07, 6.45) is 5.92. The monoisotopic (exact) mass is 346 g/mol. The van der Waals surface area contributed by atoms with Crippen molar-refractivity contribution in [2.24, 2.45) is 0 Å². The van der Waals surface area contributed by atoms with Crippen molar-refractivity contribution in [1.82, 2.24) is 24.8 Å². The summed E-state index contributed by atoms with van der Waals surface area (Å²) in [5, 5.41) is 3.00. The standard InChI is InChI=1S/C19H18N6O/c26-17(14-5-2-1-3-6-14)25-12-8-15(13-25)16-7-11-22-19(23-16)24-18-20-9-4-10-21-18/h1-7,9-11,15H,8,12-13H2,(H,20,21,22,23,24). The van der Waals surface area contributed by atoms with Crippen molar-refractivity contribution < 1.29 is 4.79 Å². The first-order valence-corrected chi connectivity index (χ1v) is 8.51. The second-order valence-electron chi connectivity index (χ2n) is 6.11. The maximum Gasteiger partial charge on any atom is 0.253 e.